The lowest BCUT2D eigenvalue weighted by Gasteiger charge is -2.37. The van der Waals surface area contributed by atoms with Crippen molar-refractivity contribution in [3.05, 3.63) is 71.0 Å². The molecule has 5 heteroatoms. The molecule has 1 heterocycles. The van der Waals surface area contributed by atoms with Crippen LogP contribution in [0.4, 0.5) is 4.39 Å². The Kier molecular flexibility index (Phi) is 7.18. The largest absolute Gasteiger partial charge is 0.354 e. The molecule has 0 bridgehead atoms. The molecule has 0 aliphatic carbocycles. The van der Waals surface area contributed by atoms with Crippen LogP contribution >= 0.6 is 0 Å². The molecule has 1 amide bonds. The fourth-order valence-electron chi connectivity index (χ4n) is 3.67. The van der Waals surface area contributed by atoms with Crippen molar-refractivity contribution in [2.24, 2.45) is 0 Å². The number of piperazine rings is 1. The molecule has 28 heavy (non-hydrogen) atoms. The van der Waals surface area contributed by atoms with Crippen LogP contribution in [0.5, 0.6) is 0 Å². The smallest absolute Gasteiger partial charge is 0.237 e. The Morgan fingerprint density at radius 3 is 2.46 bits per heavy atom. The summed E-state index contributed by atoms with van der Waals surface area (Å²) in [6.45, 7) is 9.39. The van der Waals surface area contributed by atoms with Gasteiger partial charge in [-0.1, -0.05) is 42.0 Å². The van der Waals surface area contributed by atoms with E-state index in [4.69, 9.17) is 0 Å². The lowest BCUT2D eigenvalue weighted by molar-refractivity contribution is -0.126. The molecule has 4 nitrogen and oxygen atoms in total. The molecule has 0 aromatic heterocycles. The number of benzene rings is 2. The van der Waals surface area contributed by atoms with E-state index in [-0.39, 0.29) is 17.8 Å². The molecule has 0 spiro atoms. The second-order valence-electron chi connectivity index (χ2n) is 7.64. The molecule has 150 valence electrons. The first kappa shape index (κ1) is 20.5. The number of amides is 1. The van der Waals surface area contributed by atoms with Gasteiger partial charge in [0.25, 0.3) is 0 Å². The van der Waals surface area contributed by atoms with E-state index in [1.807, 2.05) is 6.92 Å². The average molecular weight is 384 g/mol. The lowest BCUT2D eigenvalue weighted by Crippen LogP contribution is -2.53. The van der Waals surface area contributed by atoms with E-state index in [9.17, 15) is 9.18 Å². The fraction of sp³-hybridized carbons (Fsp3) is 0.435. The number of aryl methyl sites for hydroxylation is 1. The monoisotopic (exact) mass is 383 g/mol. The average Bonchev–Trinajstić information content (AvgIpc) is 2.69. The third-order valence-electron chi connectivity index (χ3n) is 5.45. The van der Waals surface area contributed by atoms with Crippen molar-refractivity contribution < 1.29 is 9.18 Å². The van der Waals surface area contributed by atoms with Gasteiger partial charge in [-0.15, -0.1) is 0 Å². The summed E-state index contributed by atoms with van der Waals surface area (Å²) in [7, 11) is 0. The fourth-order valence-corrected chi connectivity index (χ4v) is 3.67. The van der Waals surface area contributed by atoms with Crippen LogP contribution in [-0.2, 0) is 17.8 Å². The maximum atomic E-state index is 12.9. The van der Waals surface area contributed by atoms with Crippen LogP contribution in [0, 0.1) is 12.7 Å². The van der Waals surface area contributed by atoms with Crippen LogP contribution in [-0.4, -0.2) is 54.5 Å². The van der Waals surface area contributed by atoms with Crippen molar-refractivity contribution in [3.8, 4) is 0 Å². The Labute approximate surface area is 167 Å². The quantitative estimate of drug-likeness (QED) is 0.798. The van der Waals surface area contributed by atoms with E-state index in [0.717, 1.165) is 38.3 Å². The molecule has 0 unspecified atom stereocenters. The number of nitrogens with one attached hydrogen (secondary N) is 1. The van der Waals surface area contributed by atoms with Gasteiger partial charge in [0.2, 0.25) is 5.91 Å². The highest BCUT2D eigenvalue weighted by atomic mass is 19.1. The van der Waals surface area contributed by atoms with Crippen LogP contribution in [0.3, 0.4) is 0 Å². The summed E-state index contributed by atoms with van der Waals surface area (Å²) in [4.78, 5) is 17.2. The van der Waals surface area contributed by atoms with Gasteiger partial charge in [-0.05, 0) is 43.5 Å². The number of hydrogen-bond donors (Lipinski definition) is 1. The lowest BCUT2D eigenvalue weighted by atomic mass is 10.1. The van der Waals surface area contributed by atoms with Crippen molar-refractivity contribution in [2.45, 2.75) is 32.9 Å². The Balaban J connectivity index is 1.39. The van der Waals surface area contributed by atoms with Crippen molar-refractivity contribution in [2.75, 3.05) is 32.7 Å². The van der Waals surface area contributed by atoms with Gasteiger partial charge in [-0.3, -0.25) is 14.6 Å². The molecule has 2 aromatic rings. The van der Waals surface area contributed by atoms with Gasteiger partial charge >= 0.3 is 0 Å². The second-order valence-corrected chi connectivity index (χ2v) is 7.64. The van der Waals surface area contributed by atoms with E-state index in [0.29, 0.717) is 13.0 Å². The standard InChI is InChI=1S/C23H30FN3O/c1-18-4-3-5-21(16-18)17-26-12-14-27(15-13-26)19(2)23(28)25-11-10-20-6-8-22(24)9-7-20/h3-9,16,19H,10-15,17H2,1-2H3,(H,25,28)/t19-/m1/s1. The highest BCUT2D eigenvalue weighted by molar-refractivity contribution is 5.81. The second kappa shape index (κ2) is 9.80. The van der Waals surface area contributed by atoms with Gasteiger partial charge in [-0.25, -0.2) is 4.39 Å². The molecule has 3 rings (SSSR count). The van der Waals surface area contributed by atoms with Crippen LogP contribution < -0.4 is 5.32 Å². The summed E-state index contributed by atoms with van der Waals surface area (Å²) in [5, 5.41) is 3.01. The van der Waals surface area contributed by atoms with Gasteiger partial charge < -0.3 is 5.32 Å². The van der Waals surface area contributed by atoms with Crippen LogP contribution in [0.2, 0.25) is 0 Å². The SMILES string of the molecule is Cc1cccc(CN2CCN([C@H](C)C(=O)NCCc3ccc(F)cc3)CC2)c1. The van der Waals surface area contributed by atoms with Crippen molar-refractivity contribution >= 4 is 5.91 Å². The zero-order valence-corrected chi connectivity index (χ0v) is 16.8. The Morgan fingerprint density at radius 1 is 1.07 bits per heavy atom. The molecule has 2 aromatic carbocycles. The molecule has 1 N–H and O–H groups in total. The van der Waals surface area contributed by atoms with Gasteiger partial charge in [-0.2, -0.15) is 0 Å². The zero-order valence-electron chi connectivity index (χ0n) is 16.8. The summed E-state index contributed by atoms with van der Waals surface area (Å²) < 4.78 is 12.9. The highest BCUT2D eigenvalue weighted by Crippen LogP contribution is 2.12. The molecule has 1 aliphatic rings. The molecule has 1 atom stereocenters. The number of carbonyl (C=O) groups excluding carboxylic acids is 1. The first-order valence-electron chi connectivity index (χ1n) is 10.1. The topological polar surface area (TPSA) is 35.6 Å². The summed E-state index contributed by atoms with van der Waals surface area (Å²) in [6.07, 6.45) is 0.711. The number of rotatable bonds is 7. The minimum Gasteiger partial charge on any atom is -0.354 e. The maximum Gasteiger partial charge on any atom is 0.237 e. The Morgan fingerprint density at radius 2 is 1.79 bits per heavy atom. The summed E-state index contributed by atoms with van der Waals surface area (Å²) >= 11 is 0. The molecule has 0 radical (unpaired) electrons. The molecular formula is C23H30FN3O. The summed E-state index contributed by atoms with van der Waals surface area (Å²) in [5.74, 6) is -0.169. The Bertz CT molecular complexity index is 770. The van der Waals surface area contributed by atoms with E-state index in [1.54, 1.807) is 12.1 Å². The number of halogens is 1. The molecular weight excluding hydrogens is 353 g/mol. The molecule has 1 saturated heterocycles. The third-order valence-corrected chi connectivity index (χ3v) is 5.45. The van der Waals surface area contributed by atoms with Crippen LogP contribution in [0.15, 0.2) is 48.5 Å². The van der Waals surface area contributed by atoms with Crippen LogP contribution in [0.1, 0.15) is 23.6 Å². The normalized spacial score (nSPS) is 16.7. The number of carbonyl (C=O) groups is 1. The molecule has 1 fully saturated rings. The molecule has 1 aliphatic heterocycles. The van der Waals surface area contributed by atoms with Crippen molar-refractivity contribution in [1.29, 1.82) is 0 Å². The maximum absolute atomic E-state index is 12.9. The van der Waals surface area contributed by atoms with E-state index in [2.05, 4.69) is 46.3 Å². The van der Waals surface area contributed by atoms with E-state index >= 15 is 0 Å². The highest BCUT2D eigenvalue weighted by Gasteiger charge is 2.25. The number of nitrogens with zero attached hydrogens (tertiary/aromatic N) is 2. The summed E-state index contributed by atoms with van der Waals surface area (Å²) in [5.41, 5.74) is 3.67. The van der Waals surface area contributed by atoms with E-state index < -0.39 is 0 Å². The zero-order chi connectivity index (χ0) is 19.9. The predicted molar refractivity (Wildman–Crippen MR) is 111 cm³/mol. The van der Waals surface area contributed by atoms with E-state index in [1.165, 1.54) is 23.3 Å². The Hall–Kier alpha value is -2.24. The summed E-state index contributed by atoms with van der Waals surface area (Å²) in [6, 6.07) is 15.0. The minimum absolute atomic E-state index is 0.0641. The first-order valence-corrected chi connectivity index (χ1v) is 10.1. The predicted octanol–water partition coefficient (Wildman–Crippen LogP) is 3.00. The van der Waals surface area contributed by atoms with Crippen LogP contribution in [0.25, 0.3) is 0 Å². The number of hydrogen-bond acceptors (Lipinski definition) is 3. The first-order chi connectivity index (χ1) is 13.5. The molecule has 0 saturated carbocycles. The van der Waals surface area contributed by atoms with Gasteiger partial charge in [0.1, 0.15) is 5.82 Å². The van der Waals surface area contributed by atoms with Gasteiger partial charge in [0.15, 0.2) is 0 Å². The van der Waals surface area contributed by atoms with Gasteiger partial charge in [0.05, 0.1) is 6.04 Å². The van der Waals surface area contributed by atoms with Gasteiger partial charge in [0, 0.05) is 39.3 Å². The third kappa shape index (κ3) is 5.88. The van der Waals surface area contributed by atoms with Crippen molar-refractivity contribution in [3.63, 3.8) is 0 Å². The van der Waals surface area contributed by atoms with Crippen molar-refractivity contribution in [1.82, 2.24) is 15.1 Å². The minimum atomic E-state index is -0.233.